The Morgan fingerprint density at radius 1 is 1.46 bits per heavy atom. The summed E-state index contributed by atoms with van der Waals surface area (Å²) in [6, 6.07) is 5.57. The maximum atomic E-state index is 11.4. The number of fused-ring (bicyclic) bond motifs is 1. The lowest BCUT2D eigenvalue weighted by atomic mass is 10.3. The van der Waals surface area contributed by atoms with Crippen molar-refractivity contribution in [2.75, 3.05) is 0 Å². The summed E-state index contributed by atoms with van der Waals surface area (Å²) in [5, 5.41) is 0.566. The number of para-hydroxylation sites is 1. The summed E-state index contributed by atoms with van der Waals surface area (Å²) in [6.07, 6.45) is 0. The van der Waals surface area contributed by atoms with E-state index in [-0.39, 0.29) is 10.9 Å². The second-order valence-electron chi connectivity index (χ2n) is 2.50. The fraction of sp³-hybridized carbons (Fsp3) is 0.125. The van der Waals surface area contributed by atoms with Crippen molar-refractivity contribution in [2.45, 2.75) is 6.00 Å². The molecular weight excluding hydrogens is 229 g/mol. The van der Waals surface area contributed by atoms with E-state index in [4.69, 9.17) is 23.2 Å². The van der Waals surface area contributed by atoms with Gasteiger partial charge in [0.05, 0.1) is 15.2 Å². The van der Waals surface area contributed by atoms with Crippen molar-refractivity contribution in [3.8, 4) is 0 Å². The average Bonchev–Trinajstić information content (AvgIpc) is 2.42. The van der Waals surface area contributed by atoms with Crippen LogP contribution in [0.4, 0.5) is 0 Å². The standard InChI is InChI=1S/C8H5Cl2NOS/c9-4-11-7-5(10)2-1-3-6(7)13-8(11)12/h1-3H,4H2. The number of aromatic nitrogens is 1. The minimum absolute atomic E-state index is 0.0712. The first-order valence-electron chi connectivity index (χ1n) is 3.58. The van der Waals surface area contributed by atoms with Gasteiger partial charge >= 0.3 is 4.87 Å². The van der Waals surface area contributed by atoms with Gasteiger partial charge < -0.3 is 0 Å². The summed E-state index contributed by atoms with van der Waals surface area (Å²) in [7, 11) is 0. The van der Waals surface area contributed by atoms with Crippen LogP contribution in [0.5, 0.6) is 0 Å². The summed E-state index contributed by atoms with van der Waals surface area (Å²) in [5.41, 5.74) is 0.731. The van der Waals surface area contributed by atoms with Crippen molar-refractivity contribution in [1.82, 2.24) is 4.57 Å². The minimum atomic E-state index is -0.0712. The quantitative estimate of drug-likeness (QED) is 0.695. The van der Waals surface area contributed by atoms with E-state index in [2.05, 4.69) is 0 Å². The van der Waals surface area contributed by atoms with Crippen molar-refractivity contribution < 1.29 is 0 Å². The van der Waals surface area contributed by atoms with Crippen LogP contribution in [0.25, 0.3) is 10.2 Å². The van der Waals surface area contributed by atoms with Crippen molar-refractivity contribution in [3.63, 3.8) is 0 Å². The Kier molecular flexibility index (Phi) is 2.32. The van der Waals surface area contributed by atoms with Gasteiger partial charge in [-0.2, -0.15) is 0 Å². The third-order valence-electron chi connectivity index (χ3n) is 1.76. The molecule has 68 valence electrons. The second kappa shape index (κ2) is 3.33. The predicted molar refractivity (Wildman–Crippen MR) is 56.9 cm³/mol. The molecule has 0 spiro atoms. The van der Waals surface area contributed by atoms with Gasteiger partial charge in [0.1, 0.15) is 6.00 Å². The van der Waals surface area contributed by atoms with Crippen molar-refractivity contribution >= 4 is 44.8 Å². The number of thiazole rings is 1. The molecule has 13 heavy (non-hydrogen) atoms. The lowest BCUT2D eigenvalue weighted by Crippen LogP contribution is -2.09. The molecule has 0 atom stereocenters. The van der Waals surface area contributed by atoms with E-state index in [0.717, 1.165) is 21.6 Å². The molecule has 0 N–H and O–H groups in total. The van der Waals surface area contributed by atoms with Crippen LogP contribution in [-0.4, -0.2) is 4.57 Å². The molecule has 1 aromatic carbocycles. The highest BCUT2D eigenvalue weighted by Crippen LogP contribution is 2.25. The normalized spacial score (nSPS) is 10.9. The average molecular weight is 234 g/mol. The highest BCUT2D eigenvalue weighted by Gasteiger charge is 2.08. The molecule has 1 heterocycles. The molecule has 0 saturated carbocycles. The van der Waals surface area contributed by atoms with Crippen LogP contribution in [0.15, 0.2) is 23.0 Å². The Balaban J connectivity index is 2.96. The van der Waals surface area contributed by atoms with Gasteiger partial charge in [-0.1, -0.05) is 29.0 Å². The van der Waals surface area contributed by atoms with E-state index in [1.165, 1.54) is 4.57 Å². The molecular formula is C8H5Cl2NOS. The molecule has 1 aromatic heterocycles. The third kappa shape index (κ3) is 1.37. The maximum absolute atomic E-state index is 11.4. The molecule has 0 aliphatic rings. The zero-order valence-corrected chi connectivity index (χ0v) is 8.79. The SMILES string of the molecule is O=c1sc2cccc(Cl)c2n1CCl. The smallest absolute Gasteiger partial charge is 0.283 e. The van der Waals surface area contributed by atoms with E-state index in [1.54, 1.807) is 6.07 Å². The summed E-state index contributed by atoms with van der Waals surface area (Å²) >= 11 is 12.7. The Bertz CT molecular complexity index is 502. The number of nitrogens with zero attached hydrogens (tertiary/aromatic N) is 1. The zero-order chi connectivity index (χ0) is 9.42. The van der Waals surface area contributed by atoms with Crippen molar-refractivity contribution in [2.24, 2.45) is 0 Å². The number of hydrogen-bond donors (Lipinski definition) is 0. The highest BCUT2D eigenvalue weighted by atomic mass is 35.5. The van der Waals surface area contributed by atoms with Gasteiger partial charge in [-0.25, -0.2) is 0 Å². The van der Waals surface area contributed by atoms with Crippen molar-refractivity contribution in [1.29, 1.82) is 0 Å². The van der Waals surface area contributed by atoms with Crippen LogP contribution in [0.1, 0.15) is 0 Å². The van der Waals surface area contributed by atoms with Gasteiger partial charge in [-0.15, -0.1) is 11.6 Å². The Morgan fingerprint density at radius 2 is 2.23 bits per heavy atom. The minimum Gasteiger partial charge on any atom is -0.283 e. The summed E-state index contributed by atoms with van der Waals surface area (Å²) in [5.74, 6) is 0. The van der Waals surface area contributed by atoms with E-state index in [9.17, 15) is 4.79 Å². The fourth-order valence-corrected chi connectivity index (χ4v) is 2.74. The Morgan fingerprint density at radius 3 is 2.92 bits per heavy atom. The van der Waals surface area contributed by atoms with E-state index in [0.29, 0.717) is 5.02 Å². The molecule has 0 radical (unpaired) electrons. The molecule has 0 fully saturated rings. The molecule has 2 nitrogen and oxygen atoms in total. The van der Waals surface area contributed by atoms with Gasteiger partial charge in [0.25, 0.3) is 0 Å². The largest absolute Gasteiger partial charge is 0.309 e. The van der Waals surface area contributed by atoms with Crippen LogP contribution in [0.3, 0.4) is 0 Å². The Hall–Kier alpha value is -0.510. The second-order valence-corrected chi connectivity index (χ2v) is 4.14. The molecule has 0 unspecified atom stereocenters. The number of benzene rings is 1. The topological polar surface area (TPSA) is 22.0 Å². The van der Waals surface area contributed by atoms with Crippen LogP contribution in [0.2, 0.25) is 5.02 Å². The first-order valence-corrected chi connectivity index (χ1v) is 5.31. The summed E-state index contributed by atoms with van der Waals surface area (Å²) < 4.78 is 2.34. The molecule has 2 rings (SSSR count). The molecule has 0 saturated heterocycles. The Labute approximate surface area is 88.3 Å². The van der Waals surface area contributed by atoms with Gasteiger partial charge in [-0.3, -0.25) is 9.36 Å². The number of hydrogen-bond acceptors (Lipinski definition) is 2. The van der Waals surface area contributed by atoms with Gasteiger partial charge in [0, 0.05) is 0 Å². The highest BCUT2D eigenvalue weighted by molar-refractivity contribution is 7.16. The van der Waals surface area contributed by atoms with Crippen LogP contribution in [0, 0.1) is 0 Å². The van der Waals surface area contributed by atoms with Gasteiger partial charge in [0.2, 0.25) is 0 Å². The third-order valence-corrected chi connectivity index (χ3v) is 3.25. The van der Waals surface area contributed by atoms with Gasteiger partial charge in [-0.05, 0) is 12.1 Å². The van der Waals surface area contributed by atoms with Crippen LogP contribution in [-0.2, 0) is 6.00 Å². The summed E-state index contributed by atoms with van der Waals surface area (Å²) in [4.78, 5) is 11.3. The first kappa shape index (κ1) is 9.06. The maximum Gasteiger partial charge on any atom is 0.309 e. The van der Waals surface area contributed by atoms with E-state index >= 15 is 0 Å². The monoisotopic (exact) mass is 233 g/mol. The van der Waals surface area contributed by atoms with Gasteiger partial charge in [0.15, 0.2) is 0 Å². The molecule has 2 aromatic rings. The molecule has 0 amide bonds. The van der Waals surface area contributed by atoms with Crippen molar-refractivity contribution in [3.05, 3.63) is 32.9 Å². The first-order chi connectivity index (χ1) is 6.24. The lowest BCUT2D eigenvalue weighted by Gasteiger charge is -1.98. The lowest BCUT2D eigenvalue weighted by molar-refractivity contribution is 0.904. The number of rotatable bonds is 1. The van der Waals surface area contributed by atoms with E-state index < -0.39 is 0 Å². The van der Waals surface area contributed by atoms with Crippen LogP contribution >= 0.6 is 34.5 Å². The zero-order valence-electron chi connectivity index (χ0n) is 6.46. The predicted octanol–water partition coefficient (Wildman–Crippen LogP) is 2.91. The van der Waals surface area contributed by atoms with Crippen LogP contribution < -0.4 is 4.87 Å². The molecule has 0 aliphatic heterocycles. The number of alkyl halides is 1. The molecule has 5 heteroatoms. The molecule has 0 bridgehead atoms. The number of halogens is 2. The fourth-order valence-electron chi connectivity index (χ4n) is 1.19. The van der Waals surface area contributed by atoms with E-state index in [1.807, 2.05) is 12.1 Å². The summed E-state index contributed by atoms with van der Waals surface area (Å²) in [6.45, 7) is 0. The molecule has 0 aliphatic carbocycles.